The Morgan fingerprint density at radius 2 is 2.26 bits per heavy atom. The van der Waals surface area contributed by atoms with Crippen LogP contribution in [-0.2, 0) is 19.4 Å². The van der Waals surface area contributed by atoms with Crippen LogP contribution in [0.4, 0.5) is 0 Å². The summed E-state index contributed by atoms with van der Waals surface area (Å²) in [6.07, 6.45) is 3.96. The predicted molar refractivity (Wildman–Crippen MR) is 110 cm³/mol. The lowest BCUT2D eigenvalue weighted by Crippen LogP contribution is -2.37. The maximum Gasteiger partial charge on any atom is 0.191 e. The molecule has 6 nitrogen and oxygen atoms in total. The fourth-order valence-corrected chi connectivity index (χ4v) is 3.90. The lowest BCUT2D eigenvalue weighted by atomic mass is 10.1. The Hall–Kier alpha value is -2.28. The summed E-state index contributed by atoms with van der Waals surface area (Å²) in [5, 5.41) is 7.84. The van der Waals surface area contributed by atoms with Crippen molar-refractivity contribution in [2.24, 2.45) is 4.99 Å². The number of ether oxygens (including phenoxy) is 2. The number of hydrogen-bond acceptors (Lipinski definition) is 5. The van der Waals surface area contributed by atoms with Crippen LogP contribution in [0.5, 0.6) is 11.5 Å². The molecule has 27 heavy (non-hydrogen) atoms. The summed E-state index contributed by atoms with van der Waals surface area (Å²) in [5.74, 6) is 2.64. The maximum atomic E-state index is 5.89. The second kappa shape index (κ2) is 9.08. The zero-order valence-electron chi connectivity index (χ0n) is 16.5. The molecule has 0 fully saturated rings. The van der Waals surface area contributed by atoms with Crippen molar-refractivity contribution < 1.29 is 9.47 Å². The summed E-state index contributed by atoms with van der Waals surface area (Å²) in [7, 11) is 1.78. The van der Waals surface area contributed by atoms with E-state index in [9.17, 15) is 0 Å². The van der Waals surface area contributed by atoms with Crippen molar-refractivity contribution in [2.75, 3.05) is 20.2 Å². The Morgan fingerprint density at radius 3 is 2.96 bits per heavy atom. The van der Waals surface area contributed by atoms with E-state index in [4.69, 9.17) is 9.47 Å². The lowest BCUT2D eigenvalue weighted by Gasteiger charge is -2.15. The van der Waals surface area contributed by atoms with Crippen molar-refractivity contribution in [3.05, 3.63) is 39.3 Å². The SMILES string of the molecule is CCOc1cc2c(cc1CNC(=NC)NCCc1ncc(C)s1)OC(C)C2. The molecule has 0 radical (unpaired) electrons. The molecule has 1 aromatic carbocycles. The van der Waals surface area contributed by atoms with Crippen molar-refractivity contribution in [1.82, 2.24) is 15.6 Å². The van der Waals surface area contributed by atoms with Gasteiger partial charge in [0.15, 0.2) is 5.96 Å². The van der Waals surface area contributed by atoms with Crippen molar-refractivity contribution in [3.8, 4) is 11.5 Å². The van der Waals surface area contributed by atoms with Crippen molar-refractivity contribution in [2.45, 2.75) is 46.3 Å². The zero-order valence-corrected chi connectivity index (χ0v) is 17.3. The van der Waals surface area contributed by atoms with Crippen LogP contribution in [-0.4, -0.2) is 37.2 Å². The second-order valence-corrected chi connectivity index (χ2v) is 7.92. The number of aryl methyl sites for hydroxylation is 1. The standard InChI is InChI=1S/C20H28N4O2S/c1-5-25-17-9-15-8-13(2)26-18(15)10-16(17)12-24-20(21-4)22-7-6-19-23-11-14(3)27-19/h9-11,13H,5-8,12H2,1-4H3,(H2,21,22,24). The number of thiazole rings is 1. The highest BCUT2D eigenvalue weighted by Crippen LogP contribution is 2.35. The molecule has 2 N–H and O–H groups in total. The highest BCUT2D eigenvalue weighted by atomic mass is 32.1. The van der Waals surface area contributed by atoms with Gasteiger partial charge in [0.1, 0.15) is 17.6 Å². The first kappa shape index (κ1) is 19.5. The van der Waals surface area contributed by atoms with Crippen LogP contribution < -0.4 is 20.1 Å². The van der Waals surface area contributed by atoms with E-state index >= 15 is 0 Å². The summed E-state index contributed by atoms with van der Waals surface area (Å²) < 4.78 is 11.7. The average Bonchev–Trinajstić information content (AvgIpc) is 3.22. The first-order valence-electron chi connectivity index (χ1n) is 9.40. The van der Waals surface area contributed by atoms with Gasteiger partial charge in [-0.1, -0.05) is 0 Å². The number of aliphatic imine (C=N–C) groups is 1. The van der Waals surface area contributed by atoms with Gasteiger partial charge in [0.25, 0.3) is 0 Å². The van der Waals surface area contributed by atoms with Crippen molar-refractivity contribution in [1.29, 1.82) is 0 Å². The smallest absolute Gasteiger partial charge is 0.191 e. The Balaban J connectivity index is 1.58. The molecule has 0 spiro atoms. The minimum absolute atomic E-state index is 0.224. The van der Waals surface area contributed by atoms with Crippen LogP contribution in [0.1, 0.15) is 34.9 Å². The molecule has 0 aliphatic carbocycles. The largest absolute Gasteiger partial charge is 0.494 e. The second-order valence-electron chi connectivity index (χ2n) is 6.60. The van der Waals surface area contributed by atoms with Gasteiger partial charge in [-0.25, -0.2) is 4.98 Å². The van der Waals surface area contributed by atoms with Gasteiger partial charge in [-0.05, 0) is 32.9 Å². The summed E-state index contributed by atoms with van der Waals surface area (Å²) in [6, 6.07) is 4.20. The van der Waals surface area contributed by atoms with Crippen molar-refractivity contribution >= 4 is 17.3 Å². The van der Waals surface area contributed by atoms with Crippen LogP contribution in [0.3, 0.4) is 0 Å². The molecule has 1 atom stereocenters. The molecule has 3 rings (SSSR count). The molecule has 2 heterocycles. The number of guanidine groups is 1. The van der Waals surface area contributed by atoms with E-state index < -0.39 is 0 Å². The quantitative estimate of drug-likeness (QED) is 0.564. The molecule has 146 valence electrons. The van der Waals surface area contributed by atoms with E-state index in [2.05, 4.69) is 46.6 Å². The minimum Gasteiger partial charge on any atom is -0.494 e. The number of nitrogens with one attached hydrogen (secondary N) is 2. The summed E-state index contributed by atoms with van der Waals surface area (Å²) >= 11 is 1.73. The van der Waals surface area contributed by atoms with Crippen LogP contribution in [0.2, 0.25) is 0 Å². The predicted octanol–water partition coefficient (Wildman–Crippen LogP) is 3.08. The Morgan fingerprint density at radius 1 is 1.41 bits per heavy atom. The highest BCUT2D eigenvalue weighted by molar-refractivity contribution is 7.11. The molecule has 0 amide bonds. The molecule has 2 aromatic rings. The van der Waals surface area contributed by atoms with Gasteiger partial charge in [0.05, 0.1) is 11.6 Å². The maximum absolute atomic E-state index is 5.89. The Bertz CT molecular complexity index is 803. The Kier molecular flexibility index (Phi) is 6.55. The minimum atomic E-state index is 0.224. The van der Waals surface area contributed by atoms with Crippen LogP contribution in [0.15, 0.2) is 23.3 Å². The normalized spacial score (nSPS) is 16.0. The van der Waals surface area contributed by atoms with E-state index in [-0.39, 0.29) is 6.10 Å². The third-order valence-electron chi connectivity index (χ3n) is 4.35. The molecule has 0 saturated carbocycles. The average molecular weight is 389 g/mol. The van der Waals surface area contributed by atoms with Gasteiger partial charge in [-0.2, -0.15) is 0 Å². The first-order chi connectivity index (χ1) is 13.1. The number of benzene rings is 1. The van der Waals surface area contributed by atoms with Gasteiger partial charge in [-0.15, -0.1) is 11.3 Å². The molecule has 1 unspecified atom stereocenters. The molecular formula is C20H28N4O2S. The fraction of sp³-hybridized carbons (Fsp3) is 0.500. The van der Waals surface area contributed by atoms with Gasteiger partial charge in [-0.3, -0.25) is 4.99 Å². The summed E-state index contributed by atoms with van der Waals surface area (Å²) in [4.78, 5) is 9.94. The molecule has 1 aromatic heterocycles. The highest BCUT2D eigenvalue weighted by Gasteiger charge is 2.21. The fourth-order valence-electron chi connectivity index (χ4n) is 3.11. The van der Waals surface area contributed by atoms with E-state index in [0.29, 0.717) is 13.2 Å². The third kappa shape index (κ3) is 5.13. The van der Waals surface area contributed by atoms with E-state index in [0.717, 1.165) is 47.4 Å². The molecule has 1 aliphatic heterocycles. The monoisotopic (exact) mass is 388 g/mol. The first-order valence-corrected chi connectivity index (χ1v) is 10.2. The van der Waals surface area contributed by atoms with Crippen LogP contribution >= 0.6 is 11.3 Å². The molecule has 7 heteroatoms. The van der Waals surface area contributed by atoms with Gasteiger partial charge in [0.2, 0.25) is 0 Å². The Labute approximate surface area is 165 Å². The number of rotatable bonds is 7. The summed E-state index contributed by atoms with van der Waals surface area (Å²) in [5.41, 5.74) is 2.29. The van der Waals surface area contributed by atoms with Gasteiger partial charge >= 0.3 is 0 Å². The molecular weight excluding hydrogens is 360 g/mol. The number of aromatic nitrogens is 1. The molecule has 1 aliphatic rings. The molecule has 0 bridgehead atoms. The topological polar surface area (TPSA) is 67.8 Å². The number of hydrogen-bond donors (Lipinski definition) is 2. The molecule has 0 saturated heterocycles. The zero-order chi connectivity index (χ0) is 19.2. The van der Waals surface area contributed by atoms with E-state index in [1.165, 1.54) is 10.4 Å². The van der Waals surface area contributed by atoms with Gasteiger partial charge in [0, 0.05) is 55.2 Å². The third-order valence-corrected chi connectivity index (χ3v) is 5.32. The van der Waals surface area contributed by atoms with E-state index in [1.54, 1.807) is 18.4 Å². The lowest BCUT2D eigenvalue weighted by molar-refractivity contribution is 0.254. The number of nitrogens with zero attached hydrogens (tertiary/aromatic N) is 2. The van der Waals surface area contributed by atoms with E-state index in [1.807, 2.05) is 13.1 Å². The van der Waals surface area contributed by atoms with Crippen molar-refractivity contribution in [3.63, 3.8) is 0 Å². The number of fused-ring (bicyclic) bond motifs is 1. The van der Waals surface area contributed by atoms with Crippen LogP contribution in [0, 0.1) is 6.92 Å². The summed E-state index contributed by atoms with van der Waals surface area (Å²) in [6.45, 7) is 8.22. The van der Waals surface area contributed by atoms with Crippen LogP contribution in [0.25, 0.3) is 0 Å². The van der Waals surface area contributed by atoms with Gasteiger partial charge < -0.3 is 20.1 Å².